The lowest BCUT2D eigenvalue weighted by Gasteiger charge is -2.37. The number of amides is 1. The van der Waals surface area contributed by atoms with Crippen molar-refractivity contribution in [3.63, 3.8) is 0 Å². The molecule has 0 bridgehead atoms. The lowest BCUT2D eigenvalue weighted by atomic mass is 9.78. The van der Waals surface area contributed by atoms with Gasteiger partial charge in [-0.25, -0.2) is 0 Å². The molecular formula is C21H25F3N2O3S. The van der Waals surface area contributed by atoms with Gasteiger partial charge < -0.3 is 9.42 Å². The summed E-state index contributed by atoms with van der Waals surface area (Å²) in [6.07, 6.45) is -2.78. The number of Topliss-reactive ketones (excluding diaryl/α,β-unsaturated/α-hetero) is 1. The Balaban J connectivity index is 1.75. The molecule has 30 heavy (non-hydrogen) atoms. The Bertz CT molecular complexity index is 934. The molecule has 1 saturated heterocycles. The SMILES string of the molecule is CC(=O)C(C)C(C)[C@@H]1CCCN(C(=O)c2ccc(-c3noc(C(F)(F)F)c3C)s2)C1. The topological polar surface area (TPSA) is 63.4 Å². The summed E-state index contributed by atoms with van der Waals surface area (Å²) in [7, 11) is 0. The van der Waals surface area contributed by atoms with Crippen LogP contribution in [-0.4, -0.2) is 34.8 Å². The Morgan fingerprint density at radius 2 is 2.00 bits per heavy atom. The Hall–Kier alpha value is -2.16. The van der Waals surface area contributed by atoms with Crippen LogP contribution in [0.5, 0.6) is 0 Å². The van der Waals surface area contributed by atoms with Crippen molar-refractivity contribution >= 4 is 23.0 Å². The van der Waals surface area contributed by atoms with Crippen LogP contribution >= 0.6 is 11.3 Å². The first-order chi connectivity index (χ1) is 14.0. The lowest BCUT2D eigenvalue weighted by molar-refractivity contribution is -0.156. The van der Waals surface area contributed by atoms with Gasteiger partial charge in [0.2, 0.25) is 5.76 Å². The summed E-state index contributed by atoms with van der Waals surface area (Å²) in [5.74, 6) is -0.753. The van der Waals surface area contributed by atoms with E-state index in [2.05, 4.69) is 16.6 Å². The number of piperidine rings is 1. The summed E-state index contributed by atoms with van der Waals surface area (Å²) >= 11 is 1.11. The minimum atomic E-state index is -4.61. The Kier molecular flexibility index (Phi) is 6.40. The zero-order valence-electron chi connectivity index (χ0n) is 17.4. The van der Waals surface area contributed by atoms with Crippen LogP contribution in [0.4, 0.5) is 13.2 Å². The third-order valence-electron chi connectivity index (χ3n) is 6.15. The zero-order chi connectivity index (χ0) is 22.2. The van der Waals surface area contributed by atoms with Gasteiger partial charge in [0.15, 0.2) is 0 Å². The molecule has 1 fully saturated rings. The van der Waals surface area contributed by atoms with Crippen molar-refractivity contribution in [2.75, 3.05) is 13.1 Å². The summed E-state index contributed by atoms with van der Waals surface area (Å²) in [6, 6.07) is 3.22. The van der Waals surface area contributed by atoms with Crippen LogP contribution in [0.15, 0.2) is 16.7 Å². The highest BCUT2D eigenvalue weighted by atomic mass is 32.1. The third-order valence-corrected chi connectivity index (χ3v) is 7.23. The highest BCUT2D eigenvalue weighted by Crippen LogP contribution is 2.38. The molecule has 0 saturated carbocycles. The Morgan fingerprint density at radius 3 is 2.60 bits per heavy atom. The van der Waals surface area contributed by atoms with E-state index in [1.54, 1.807) is 24.0 Å². The van der Waals surface area contributed by atoms with E-state index in [4.69, 9.17) is 0 Å². The van der Waals surface area contributed by atoms with E-state index in [-0.39, 0.29) is 40.7 Å². The largest absolute Gasteiger partial charge is 0.452 e. The number of halogens is 3. The summed E-state index contributed by atoms with van der Waals surface area (Å²) in [5.41, 5.74) is 0.0141. The molecule has 0 aromatic carbocycles. The molecule has 3 rings (SSSR count). The summed E-state index contributed by atoms with van der Waals surface area (Å²) in [5, 5.41) is 3.57. The number of carbonyl (C=O) groups excluding carboxylic acids is 2. The van der Waals surface area contributed by atoms with E-state index in [0.717, 1.165) is 24.2 Å². The van der Waals surface area contributed by atoms with Crippen molar-refractivity contribution in [2.45, 2.75) is 46.7 Å². The fourth-order valence-electron chi connectivity index (χ4n) is 3.97. The van der Waals surface area contributed by atoms with Crippen LogP contribution in [0.1, 0.15) is 54.6 Å². The number of alkyl halides is 3. The molecule has 9 heteroatoms. The molecule has 3 heterocycles. The quantitative estimate of drug-likeness (QED) is 0.618. The van der Waals surface area contributed by atoms with Gasteiger partial charge in [-0.15, -0.1) is 11.3 Å². The van der Waals surface area contributed by atoms with Gasteiger partial charge in [0.05, 0.1) is 9.75 Å². The molecule has 2 aromatic rings. The summed E-state index contributed by atoms with van der Waals surface area (Å²) < 4.78 is 43.3. The monoisotopic (exact) mass is 442 g/mol. The number of rotatable bonds is 5. The van der Waals surface area contributed by atoms with Crippen LogP contribution in [0.2, 0.25) is 0 Å². The van der Waals surface area contributed by atoms with Gasteiger partial charge >= 0.3 is 6.18 Å². The molecule has 5 nitrogen and oxygen atoms in total. The van der Waals surface area contributed by atoms with Crippen LogP contribution in [0, 0.1) is 24.7 Å². The number of thiophene rings is 1. The molecule has 1 aliphatic heterocycles. The molecule has 0 aliphatic carbocycles. The average Bonchev–Trinajstić information content (AvgIpc) is 3.32. The smallest absolute Gasteiger partial charge is 0.351 e. The Labute approximate surface area is 177 Å². The zero-order valence-corrected chi connectivity index (χ0v) is 18.2. The molecule has 164 valence electrons. The van der Waals surface area contributed by atoms with E-state index < -0.39 is 11.9 Å². The minimum Gasteiger partial charge on any atom is -0.351 e. The lowest BCUT2D eigenvalue weighted by Crippen LogP contribution is -2.43. The molecule has 1 aliphatic rings. The molecule has 1 amide bonds. The van der Waals surface area contributed by atoms with Gasteiger partial charge in [-0.2, -0.15) is 13.2 Å². The minimum absolute atomic E-state index is 0.0589. The fourth-order valence-corrected chi connectivity index (χ4v) is 4.98. The number of ketones is 1. The number of hydrogen-bond donors (Lipinski definition) is 0. The molecule has 3 atom stereocenters. The number of nitrogens with zero attached hydrogens (tertiary/aromatic N) is 2. The van der Waals surface area contributed by atoms with Crippen molar-refractivity contribution in [3.8, 4) is 10.6 Å². The van der Waals surface area contributed by atoms with E-state index in [1.165, 1.54) is 6.92 Å². The average molecular weight is 443 g/mol. The standard InChI is InChI=1S/C21H25F3N2O3S/c1-11(14(4)27)12(2)15-6-5-9-26(10-15)20(28)17-8-7-16(30-17)18-13(3)19(29-25-18)21(22,23)24/h7-8,11-12,15H,5-6,9-10H2,1-4H3/t11?,12?,15-/m1/s1. The summed E-state index contributed by atoms with van der Waals surface area (Å²) in [6.45, 7) is 8.09. The maximum absolute atomic E-state index is 13.0. The second-order valence-corrected chi connectivity index (χ2v) is 9.14. The van der Waals surface area contributed by atoms with Gasteiger partial charge in [-0.1, -0.05) is 19.0 Å². The van der Waals surface area contributed by atoms with Crippen LogP contribution in [0.3, 0.4) is 0 Å². The first-order valence-corrected chi connectivity index (χ1v) is 10.8. The number of aromatic nitrogens is 1. The molecule has 2 aromatic heterocycles. The van der Waals surface area contributed by atoms with Crippen molar-refractivity contribution in [1.29, 1.82) is 0 Å². The number of likely N-dealkylation sites (tertiary alicyclic amines) is 1. The molecule has 2 unspecified atom stereocenters. The van der Waals surface area contributed by atoms with E-state index in [9.17, 15) is 22.8 Å². The number of carbonyl (C=O) groups is 2. The molecule has 0 spiro atoms. The van der Waals surface area contributed by atoms with E-state index in [1.807, 2.05) is 6.92 Å². The third kappa shape index (κ3) is 4.45. The van der Waals surface area contributed by atoms with Gasteiger partial charge in [0.1, 0.15) is 11.5 Å². The first-order valence-electron chi connectivity index (χ1n) is 9.94. The molecule has 0 N–H and O–H groups in total. The van der Waals surface area contributed by atoms with E-state index >= 15 is 0 Å². The van der Waals surface area contributed by atoms with Crippen molar-refractivity contribution < 1.29 is 27.3 Å². The van der Waals surface area contributed by atoms with Crippen molar-refractivity contribution in [1.82, 2.24) is 10.1 Å². The highest BCUT2D eigenvalue weighted by molar-refractivity contribution is 7.17. The summed E-state index contributed by atoms with van der Waals surface area (Å²) in [4.78, 5) is 27.4. The maximum Gasteiger partial charge on any atom is 0.452 e. The normalized spacial score (nSPS) is 19.6. The van der Waals surface area contributed by atoms with Crippen molar-refractivity contribution in [2.24, 2.45) is 17.8 Å². The predicted octanol–water partition coefficient (Wildman–Crippen LogP) is 5.44. The highest BCUT2D eigenvalue weighted by Gasteiger charge is 2.39. The van der Waals surface area contributed by atoms with Crippen LogP contribution in [0.25, 0.3) is 10.6 Å². The van der Waals surface area contributed by atoms with Gasteiger partial charge in [0, 0.05) is 24.6 Å². The second kappa shape index (κ2) is 8.53. The maximum atomic E-state index is 13.0. The van der Waals surface area contributed by atoms with Gasteiger partial charge in [0.25, 0.3) is 5.91 Å². The Morgan fingerprint density at radius 1 is 1.30 bits per heavy atom. The van der Waals surface area contributed by atoms with Crippen LogP contribution < -0.4 is 0 Å². The van der Waals surface area contributed by atoms with Gasteiger partial charge in [-0.05, 0) is 50.7 Å². The second-order valence-electron chi connectivity index (χ2n) is 8.06. The van der Waals surface area contributed by atoms with E-state index in [0.29, 0.717) is 22.8 Å². The van der Waals surface area contributed by atoms with Crippen molar-refractivity contribution in [3.05, 3.63) is 28.3 Å². The fraction of sp³-hybridized carbons (Fsp3) is 0.571. The number of hydrogen-bond acceptors (Lipinski definition) is 5. The van der Waals surface area contributed by atoms with Gasteiger partial charge in [-0.3, -0.25) is 9.59 Å². The first kappa shape index (κ1) is 22.5. The molecule has 0 radical (unpaired) electrons. The molecular weight excluding hydrogens is 417 g/mol. The van der Waals surface area contributed by atoms with Crippen LogP contribution in [-0.2, 0) is 11.0 Å². The predicted molar refractivity (Wildman–Crippen MR) is 107 cm³/mol.